The summed E-state index contributed by atoms with van der Waals surface area (Å²) in [6.07, 6.45) is -0.0272. The highest BCUT2D eigenvalue weighted by molar-refractivity contribution is 7.89. The summed E-state index contributed by atoms with van der Waals surface area (Å²) in [4.78, 5) is 11.9. The molecule has 0 atom stereocenters. The highest BCUT2D eigenvalue weighted by atomic mass is 32.2. The number of rotatable bonds is 5. The first-order valence-electron chi connectivity index (χ1n) is 7.03. The number of benzene rings is 1. The first-order valence-corrected chi connectivity index (χ1v) is 8.64. The average Bonchev–Trinajstić information content (AvgIpc) is 2.49. The number of carbonyl (C=O) groups excluding carboxylic acids is 1. The monoisotopic (exact) mass is 311 g/mol. The number of carbonyl (C=O) groups is 1. The second kappa shape index (κ2) is 7.02. The van der Waals surface area contributed by atoms with Crippen molar-refractivity contribution in [1.82, 2.24) is 9.62 Å². The van der Waals surface area contributed by atoms with Crippen LogP contribution in [-0.4, -0.2) is 50.6 Å². The lowest BCUT2D eigenvalue weighted by Crippen LogP contribution is -2.47. The van der Waals surface area contributed by atoms with Crippen LogP contribution in [0.3, 0.4) is 0 Å². The number of piperazine rings is 1. The van der Waals surface area contributed by atoms with E-state index in [0.717, 1.165) is 11.3 Å². The van der Waals surface area contributed by atoms with E-state index >= 15 is 0 Å². The van der Waals surface area contributed by atoms with Crippen LogP contribution in [0.1, 0.15) is 12.0 Å². The average molecular weight is 311 g/mol. The molecule has 2 N–H and O–H groups in total. The van der Waals surface area contributed by atoms with Crippen LogP contribution in [0.4, 0.5) is 5.69 Å². The molecule has 2 rings (SSSR count). The van der Waals surface area contributed by atoms with Gasteiger partial charge in [-0.2, -0.15) is 4.31 Å². The number of amides is 1. The van der Waals surface area contributed by atoms with E-state index in [1.165, 1.54) is 4.31 Å². The summed E-state index contributed by atoms with van der Waals surface area (Å²) >= 11 is 0. The maximum absolute atomic E-state index is 12.1. The van der Waals surface area contributed by atoms with Gasteiger partial charge in [-0.05, 0) is 18.6 Å². The molecule has 0 spiro atoms. The van der Waals surface area contributed by atoms with Crippen molar-refractivity contribution < 1.29 is 13.2 Å². The SMILES string of the molecule is Cc1ccccc1NC(=O)CCS(=O)(=O)N1CCNCC1. The van der Waals surface area contributed by atoms with Crippen LogP contribution < -0.4 is 10.6 Å². The molecule has 0 saturated carbocycles. The highest BCUT2D eigenvalue weighted by Crippen LogP contribution is 2.13. The summed E-state index contributed by atoms with van der Waals surface area (Å²) in [7, 11) is -3.35. The first kappa shape index (κ1) is 15.9. The van der Waals surface area contributed by atoms with Gasteiger partial charge in [0.25, 0.3) is 0 Å². The Morgan fingerprint density at radius 2 is 1.95 bits per heavy atom. The topological polar surface area (TPSA) is 78.5 Å². The number of hydrogen-bond acceptors (Lipinski definition) is 4. The van der Waals surface area contributed by atoms with Gasteiger partial charge in [0.1, 0.15) is 0 Å². The van der Waals surface area contributed by atoms with Gasteiger partial charge < -0.3 is 10.6 Å². The summed E-state index contributed by atoms with van der Waals surface area (Å²) in [6.45, 7) is 4.17. The molecule has 1 heterocycles. The quantitative estimate of drug-likeness (QED) is 0.833. The molecule has 21 heavy (non-hydrogen) atoms. The van der Waals surface area contributed by atoms with E-state index in [2.05, 4.69) is 10.6 Å². The fourth-order valence-electron chi connectivity index (χ4n) is 2.20. The van der Waals surface area contributed by atoms with Gasteiger partial charge in [-0.25, -0.2) is 8.42 Å². The maximum Gasteiger partial charge on any atom is 0.225 e. The Balaban J connectivity index is 1.87. The molecular formula is C14H21N3O3S. The molecule has 1 amide bonds. The molecule has 0 unspecified atom stereocenters. The lowest BCUT2D eigenvalue weighted by molar-refractivity contribution is -0.115. The van der Waals surface area contributed by atoms with Crippen LogP contribution >= 0.6 is 0 Å². The number of aryl methyl sites for hydroxylation is 1. The largest absolute Gasteiger partial charge is 0.326 e. The van der Waals surface area contributed by atoms with Gasteiger partial charge in [-0.1, -0.05) is 18.2 Å². The molecule has 0 aliphatic carbocycles. The van der Waals surface area contributed by atoms with Gasteiger partial charge in [-0.3, -0.25) is 4.79 Å². The molecule has 0 aromatic heterocycles. The predicted octanol–water partition coefficient (Wildman–Crippen LogP) is 0.559. The number of nitrogens with one attached hydrogen (secondary N) is 2. The summed E-state index contributed by atoms with van der Waals surface area (Å²) in [5.74, 6) is -0.423. The minimum atomic E-state index is -3.35. The van der Waals surface area contributed by atoms with E-state index in [9.17, 15) is 13.2 Å². The van der Waals surface area contributed by atoms with Gasteiger partial charge in [0.2, 0.25) is 15.9 Å². The third kappa shape index (κ3) is 4.52. The van der Waals surface area contributed by atoms with E-state index < -0.39 is 10.0 Å². The predicted molar refractivity (Wildman–Crippen MR) is 82.7 cm³/mol. The van der Waals surface area contributed by atoms with Crippen molar-refractivity contribution >= 4 is 21.6 Å². The van der Waals surface area contributed by atoms with E-state index in [-0.39, 0.29) is 18.1 Å². The van der Waals surface area contributed by atoms with Crippen molar-refractivity contribution in [2.45, 2.75) is 13.3 Å². The van der Waals surface area contributed by atoms with Gasteiger partial charge in [0.15, 0.2) is 0 Å². The second-order valence-corrected chi connectivity index (χ2v) is 7.17. The molecule has 0 radical (unpaired) electrons. The van der Waals surface area contributed by atoms with Crippen LogP contribution in [0.5, 0.6) is 0 Å². The van der Waals surface area contributed by atoms with Gasteiger partial charge in [0.05, 0.1) is 5.75 Å². The third-order valence-electron chi connectivity index (χ3n) is 3.48. The Labute approximate surface area is 125 Å². The number of para-hydroxylation sites is 1. The van der Waals surface area contributed by atoms with Crippen molar-refractivity contribution in [3.8, 4) is 0 Å². The Kier molecular flexibility index (Phi) is 5.33. The smallest absolute Gasteiger partial charge is 0.225 e. The number of sulfonamides is 1. The summed E-state index contributed by atoms with van der Waals surface area (Å²) < 4.78 is 25.7. The minimum Gasteiger partial charge on any atom is -0.326 e. The van der Waals surface area contributed by atoms with E-state index in [1.54, 1.807) is 6.07 Å². The Bertz CT molecular complexity index is 595. The van der Waals surface area contributed by atoms with Gasteiger partial charge >= 0.3 is 0 Å². The number of hydrogen-bond donors (Lipinski definition) is 2. The van der Waals surface area contributed by atoms with Gasteiger partial charge in [0, 0.05) is 38.3 Å². The molecule has 1 saturated heterocycles. The summed E-state index contributed by atoms with van der Waals surface area (Å²) in [5, 5.41) is 5.86. The molecule has 0 bridgehead atoms. The molecule has 7 heteroatoms. The van der Waals surface area contributed by atoms with Crippen molar-refractivity contribution in [1.29, 1.82) is 0 Å². The highest BCUT2D eigenvalue weighted by Gasteiger charge is 2.24. The summed E-state index contributed by atoms with van der Waals surface area (Å²) in [5.41, 5.74) is 1.68. The van der Waals surface area contributed by atoms with Crippen molar-refractivity contribution in [3.63, 3.8) is 0 Å². The second-order valence-electron chi connectivity index (χ2n) is 5.08. The standard InChI is InChI=1S/C14H21N3O3S/c1-12-4-2-3-5-13(12)16-14(18)6-11-21(19,20)17-9-7-15-8-10-17/h2-5,15H,6-11H2,1H3,(H,16,18). The maximum atomic E-state index is 12.1. The van der Waals surface area contributed by atoms with Crippen LogP contribution in [0.25, 0.3) is 0 Å². The fraction of sp³-hybridized carbons (Fsp3) is 0.500. The number of anilines is 1. The Hall–Kier alpha value is -1.44. The Morgan fingerprint density at radius 3 is 2.62 bits per heavy atom. The molecule has 1 fully saturated rings. The van der Waals surface area contributed by atoms with E-state index in [1.807, 2.05) is 25.1 Å². The van der Waals surface area contributed by atoms with Crippen LogP contribution in [0.2, 0.25) is 0 Å². The summed E-state index contributed by atoms with van der Waals surface area (Å²) in [6, 6.07) is 7.42. The molecule has 1 aromatic rings. The Morgan fingerprint density at radius 1 is 1.29 bits per heavy atom. The zero-order chi connectivity index (χ0) is 15.3. The molecule has 1 aromatic carbocycles. The van der Waals surface area contributed by atoms with Crippen LogP contribution in [-0.2, 0) is 14.8 Å². The molecule has 116 valence electrons. The lowest BCUT2D eigenvalue weighted by atomic mass is 10.2. The van der Waals surface area contributed by atoms with Gasteiger partial charge in [-0.15, -0.1) is 0 Å². The molecule has 1 aliphatic heterocycles. The van der Waals surface area contributed by atoms with Crippen LogP contribution in [0.15, 0.2) is 24.3 Å². The van der Waals surface area contributed by atoms with Crippen LogP contribution in [0, 0.1) is 6.92 Å². The first-order chi connectivity index (χ1) is 9.99. The minimum absolute atomic E-state index is 0.0272. The fourth-order valence-corrected chi connectivity index (χ4v) is 3.64. The van der Waals surface area contributed by atoms with E-state index in [0.29, 0.717) is 26.2 Å². The van der Waals surface area contributed by atoms with Crippen molar-refractivity contribution in [3.05, 3.63) is 29.8 Å². The third-order valence-corrected chi connectivity index (χ3v) is 5.35. The molecule has 6 nitrogen and oxygen atoms in total. The molecule has 1 aliphatic rings. The molecular weight excluding hydrogens is 290 g/mol. The van der Waals surface area contributed by atoms with E-state index in [4.69, 9.17) is 0 Å². The van der Waals surface area contributed by atoms with Crippen molar-refractivity contribution in [2.24, 2.45) is 0 Å². The number of nitrogens with zero attached hydrogens (tertiary/aromatic N) is 1. The normalized spacial score (nSPS) is 16.6. The van der Waals surface area contributed by atoms with Crippen molar-refractivity contribution in [2.75, 3.05) is 37.2 Å². The lowest BCUT2D eigenvalue weighted by Gasteiger charge is -2.26. The zero-order valence-corrected chi connectivity index (χ0v) is 12.9. The zero-order valence-electron chi connectivity index (χ0n) is 12.1.